The first-order valence-electron chi connectivity index (χ1n) is 4.46. The Balaban J connectivity index is 0.000000791. The molecule has 0 aliphatic heterocycles. The van der Waals surface area contributed by atoms with Crippen LogP contribution in [0, 0.1) is 11.3 Å². The average Bonchev–Trinajstić information content (AvgIpc) is 2.56. The Bertz CT molecular complexity index is 367. The van der Waals surface area contributed by atoms with E-state index in [1.54, 1.807) is 19.2 Å². The second kappa shape index (κ2) is 5.76. The minimum atomic E-state index is 0.514. The molecule has 0 unspecified atom stereocenters. The molecule has 0 atom stereocenters. The van der Waals surface area contributed by atoms with Crippen LogP contribution in [0.1, 0.15) is 30.8 Å². The zero-order valence-electron chi connectivity index (χ0n) is 8.91. The smallest absolute Gasteiger partial charge is 0.146 e. The van der Waals surface area contributed by atoms with E-state index >= 15 is 0 Å². The van der Waals surface area contributed by atoms with Crippen LogP contribution < -0.4 is 0 Å². The van der Waals surface area contributed by atoms with E-state index in [0.717, 1.165) is 5.56 Å². The van der Waals surface area contributed by atoms with Gasteiger partial charge in [0.15, 0.2) is 0 Å². The highest BCUT2D eigenvalue weighted by Gasteiger charge is 2.09. The third kappa shape index (κ3) is 2.11. The van der Waals surface area contributed by atoms with Crippen LogP contribution in [0.3, 0.4) is 0 Å². The summed E-state index contributed by atoms with van der Waals surface area (Å²) in [6.45, 7) is 11.2. The molecule has 74 valence electrons. The highest BCUT2D eigenvalue weighted by molar-refractivity contribution is 5.65. The molecule has 1 heterocycles. The lowest BCUT2D eigenvalue weighted by atomic mass is 10.2. The fourth-order valence-electron chi connectivity index (χ4n) is 1.05. The van der Waals surface area contributed by atoms with Gasteiger partial charge in [-0.1, -0.05) is 33.1 Å². The van der Waals surface area contributed by atoms with Gasteiger partial charge in [-0.15, -0.1) is 0 Å². The molecule has 0 aliphatic rings. The molecule has 14 heavy (non-hydrogen) atoms. The van der Waals surface area contributed by atoms with E-state index in [9.17, 15) is 0 Å². The van der Waals surface area contributed by atoms with Gasteiger partial charge in [0, 0.05) is 12.6 Å². The first-order chi connectivity index (χ1) is 6.74. The van der Waals surface area contributed by atoms with Crippen molar-refractivity contribution in [2.45, 2.75) is 13.8 Å². The maximum atomic E-state index is 8.75. The number of hydrogen-bond acceptors (Lipinski definition) is 2. The number of aromatic nitrogens is 2. The van der Waals surface area contributed by atoms with Gasteiger partial charge in [0.05, 0.1) is 5.69 Å². The van der Waals surface area contributed by atoms with Gasteiger partial charge in [0.2, 0.25) is 0 Å². The van der Waals surface area contributed by atoms with E-state index in [2.05, 4.69) is 24.3 Å². The molecule has 1 rings (SSSR count). The van der Waals surface area contributed by atoms with E-state index in [-0.39, 0.29) is 0 Å². The lowest BCUT2D eigenvalue weighted by Crippen LogP contribution is -1.93. The van der Waals surface area contributed by atoms with E-state index in [1.165, 1.54) is 4.68 Å². The van der Waals surface area contributed by atoms with Gasteiger partial charge in [-0.25, -0.2) is 0 Å². The first-order valence-corrected chi connectivity index (χ1v) is 4.46. The fraction of sp³-hybridized carbons (Fsp3) is 0.273. The van der Waals surface area contributed by atoms with Crippen molar-refractivity contribution in [1.29, 1.82) is 5.26 Å². The molecule has 0 fully saturated rings. The maximum Gasteiger partial charge on any atom is 0.146 e. The monoisotopic (exact) mass is 189 g/mol. The van der Waals surface area contributed by atoms with E-state index in [1.807, 2.05) is 13.8 Å². The van der Waals surface area contributed by atoms with Gasteiger partial charge in [0.1, 0.15) is 11.8 Å². The minimum Gasteiger partial charge on any atom is -0.257 e. The summed E-state index contributed by atoms with van der Waals surface area (Å²) in [7, 11) is 1.72. The molecule has 0 radical (unpaired) electrons. The SMILES string of the molecule is C=Cc1nn(C)c(C#N)c1C=C.CC. The van der Waals surface area contributed by atoms with Gasteiger partial charge in [0.25, 0.3) is 0 Å². The van der Waals surface area contributed by atoms with Gasteiger partial charge in [-0.05, 0) is 6.08 Å². The molecule has 0 amide bonds. The molecule has 0 saturated carbocycles. The Morgan fingerprint density at radius 1 is 1.36 bits per heavy atom. The molecule has 3 heteroatoms. The summed E-state index contributed by atoms with van der Waals surface area (Å²) >= 11 is 0. The van der Waals surface area contributed by atoms with E-state index in [4.69, 9.17) is 5.26 Å². The fourth-order valence-corrected chi connectivity index (χ4v) is 1.05. The Morgan fingerprint density at radius 3 is 2.29 bits per heavy atom. The van der Waals surface area contributed by atoms with Crippen molar-refractivity contribution in [3.8, 4) is 6.07 Å². The van der Waals surface area contributed by atoms with Gasteiger partial charge >= 0.3 is 0 Å². The summed E-state index contributed by atoms with van der Waals surface area (Å²) in [5.41, 5.74) is 1.96. The molecule has 1 aromatic heterocycles. The topological polar surface area (TPSA) is 41.6 Å². The summed E-state index contributed by atoms with van der Waals surface area (Å²) in [4.78, 5) is 0. The lowest BCUT2D eigenvalue weighted by Gasteiger charge is -1.88. The van der Waals surface area contributed by atoms with Crippen LogP contribution in [-0.2, 0) is 7.05 Å². The molecule has 0 saturated heterocycles. The summed E-state index contributed by atoms with van der Waals surface area (Å²) in [6.07, 6.45) is 3.22. The summed E-state index contributed by atoms with van der Waals surface area (Å²) in [6, 6.07) is 2.05. The van der Waals surface area contributed by atoms with Crippen LogP contribution in [-0.4, -0.2) is 9.78 Å². The average molecular weight is 189 g/mol. The molecular formula is C11H15N3. The summed E-state index contributed by atoms with van der Waals surface area (Å²) < 4.78 is 1.52. The molecule has 0 spiro atoms. The predicted molar refractivity (Wildman–Crippen MR) is 59.5 cm³/mol. The standard InChI is InChI=1S/C9H9N3.C2H6/c1-4-7-8(5-2)11-12(3)9(7)6-10;1-2/h4-5H,1-2H2,3H3;1-2H3. The third-order valence-corrected chi connectivity index (χ3v) is 1.62. The minimum absolute atomic E-state index is 0.514. The van der Waals surface area contributed by atoms with Crippen LogP contribution in [0.2, 0.25) is 0 Å². The Hall–Kier alpha value is -1.82. The largest absolute Gasteiger partial charge is 0.257 e. The lowest BCUT2D eigenvalue weighted by molar-refractivity contribution is 0.753. The molecule has 3 nitrogen and oxygen atoms in total. The second-order valence-electron chi connectivity index (χ2n) is 2.29. The zero-order chi connectivity index (χ0) is 11.1. The van der Waals surface area contributed by atoms with Crippen molar-refractivity contribution < 1.29 is 0 Å². The van der Waals surface area contributed by atoms with Crippen LogP contribution in [0.5, 0.6) is 0 Å². The third-order valence-electron chi connectivity index (χ3n) is 1.62. The Morgan fingerprint density at radius 2 is 1.93 bits per heavy atom. The number of nitrogens with zero attached hydrogens (tertiary/aromatic N) is 3. The highest BCUT2D eigenvalue weighted by Crippen LogP contribution is 2.14. The van der Waals surface area contributed by atoms with Crippen LogP contribution in [0.25, 0.3) is 12.2 Å². The van der Waals surface area contributed by atoms with Crippen LogP contribution in [0.4, 0.5) is 0 Å². The maximum absolute atomic E-state index is 8.75. The van der Waals surface area contributed by atoms with Crippen molar-refractivity contribution in [3.05, 3.63) is 30.1 Å². The quantitative estimate of drug-likeness (QED) is 0.717. The number of aryl methyl sites for hydroxylation is 1. The summed E-state index contributed by atoms with van der Waals surface area (Å²) in [5.74, 6) is 0. The second-order valence-corrected chi connectivity index (χ2v) is 2.29. The Kier molecular flexibility index (Phi) is 5.01. The molecule has 0 aromatic carbocycles. The van der Waals surface area contributed by atoms with E-state index in [0.29, 0.717) is 11.4 Å². The van der Waals surface area contributed by atoms with Crippen LogP contribution >= 0.6 is 0 Å². The summed E-state index contributed by atoms with van der Waals surface area (Å²) in [5, 5.41) is 12.8. The highest BCUT2D eigenvalue weighted by atomic mass is 15.3. The number of nitriles is 1. The number of rotatable bonds is 2. The molecule has 0 bridgehead atoms. The normalized spacial score (nSPS) is 8.14. The van der Waals surface area contributed by atoms with E-state index < -0.39 is 0 Å². The van der Waals surface area contributed by atoms with Crippen molar-refractivity contribution in [1.82, 2.24) is 9.78 Å². The van der Waals surface area contributed by atoms with Crippen molar-refractivity contribution in [2.24, 2.45) is 7.05 Å². The van der Waals surface area contributed by atoms with Crippen molar-refractivity contribution in [2.75, 3.05) is 0 Å². The molecule has 0 aliphatic carbocycles. The molecule has 1 aromatic rings. The predicted octanol–water partition coefficient (Wildman–Crippen LogP) is 2.60. The van der Waals surface area contributed by atoms with Gasteiger partial charge in [-0.3, -0.25) is 4.68 Å². The number of hydrogen-bond donors (Lipinski definition) is 0. The molecular weight excluding hydrogens is 174 g/mol. The molecule has 0 N–H and O–H groups in total. The van der Waals surface area contributed by atoms with Gasteiger partial charge < -0.3 is 0 Å². The van der Waals surface area contributed by atoms with Gasteiger partial charge in [-0.2, -0.15) is 10.4 Å². The first kappa shape index (κ1) is 12.2. The van der Waals surface area contributed by atoms with Crippen LogP contribution in [0.15, 0.2) is 13.2 Å². The zero-order valence-corrected chi connectivity index (χ0v) is 8.91. The Labute approximate surface area is 85.0 Å². The van der Waals surface area contributed by atoms with Crippen molar-refractivity contribution >= 4 is 12.2 Å². The van der Waals surface area contributed by atoms with Crippen molar-refractivity contribution in [3.63, 3.8) is 0 Å².